The van der Waals surface area contributed by atoms with E-state index >= 15 is 0 Å². The molecule has 2 rings (SSSR count). The molecule has 0 atom stereocenters. The van der Waals surface area contributed by atoms with Crippen LogP contribution in [0.5, 0.6) is 0 Å². The number of hydrogen-bond acceptors (Lipinski definition) is 3. The molecule has 4 nitrogen and oxygen atoms in total. The number of carboxylic acids is 1. The van der Waals surface area contributed by atoms with E-state index in [4.69, 9.17) is 22.0 Å². The second-order valence-electron chi connectivity index (χ2n) is 5.21. The maximum absolute atomic E-state index is 10.9. The van der Waals surface area contributed by atoms with Crippen LogP contribution >= 0.6 is 11.6 Å². The molecule has 1 aromatic carbocycles. The Kier molecular flexibility index (Phi) is 4.86. The van der Waals surface area contributed by atoms with Crippen LogP contribution in [0.1, 0.15) is 31.2 Å². The number of benzene rings is 1. The van der Waals surface area contributed by atoms with Crippen molar-refractivity contribution in [3.63, 3.8) is 0 Å². The van der Waals surface area contributed by atoms with Gasteiger partial charge in [0.1, 0.15) is 6.07 Å². The lowest BCUT2D eigenvalue weighted by molar-refractivity contribution is -0.143. The minimum atomic E-state index is -0.682. The molecule has 0 spiro atoms. The Morgan fingerprint density at radius 2 is 2.10 bits per heavy atom. The zero-order valence-electron chi connectivity index (χ0n) is 11.1. The normalized spacial score (nSPS) is 22.0. The van der Waals surface area contributed by atoms with Crippen LogP contribution in [-0.2, 0) is 4.79 Å². The fraction of sp³-hybridized carbons (Fsp3) is 0.467. The standard InChI is InChI=1S/C15H17ClN2O2/c16-13-2-1-3-14(12(13)8-17)18-9-10-4-6-11(7-5-10)15(19)20/h1-3,10-11,18H,4-7,9H2,(H,19,20). The van der Waals surface area contributed by atoms with E-state index in [0.717, 1.165) is 37.9 Å². The SMILES string of the molecule is N#Cc1c(Cl)cccc1NCC1CCC(C(=O)O)CC1. The Balaban J connectivity index is 1.90. The zero-order valence-corrected chi connectivity index (χ0v) is 11.9. The molecule has 5 heteroatoms. The summed E-state index contributed by atoms with van der Waals surface area (Å²) in [5.74, 6) is -0.416. The van der Waals surface area contributed by atoms with Gasteiger partial charge in [0.15, 0.2) is 0 Å². The van der Waals surface area contributed by atoms with Crippen molar-refractivity contribution in [2.75, 3.05) is 11.9 Å². The van der Waals surface area contributed by atoms with Gasteiger partial charge in [0.05, 0.1) is 22.2 Å². The molecule has 106 valence electrons. The van der Waals surface area contributed by atoms with E-state index < -0.39 is 5.97 Å². The van der Waals surface area contributed by atoms with Crippen LogP contribution in [0.2, 0.25) is 5.02 Å². The minimum Gasteiger partial charge on any atom is -0.481 e. The van der Waals surface area contributed by atoms with Gasteiger partial charge in [-0.15, -0.1) is 0 Å². The number of halogens is 1. The fourth-order valence-corrected chi connectivity index (χ4v) is 2.87. The van der Waals surface area contributed by atoms with Gasteiger partial charge in [-0.2, -0.15) is 5.26 Å². The molecular formula is C15H17ClN2O2. The molecule has 0 aromatic heterocycles. The third kappa shape index (κ3) is 3.43. The topological polar surface area (TPSA) is 73.1 Å². The summed E-state index contributed by atoms with van der Waals surface area (Å²) in [6.07, 6.45) is 3.30. The van der Waals surface area contributed by atoms with Crippen molar-refractivity contribution in [1.29, 1.82) is 5.26 Å². The van der Waals surface area contributed by atoms with Gasteiger partial charge in [0.2, 0.25) is 0 Å². The number of carboxylic acid groups (broad SMARTS) is 1. The first-order chi connectivity index (χ1) is 9.61. The first-order valence-electron chi connectivity index (χ1n) is 6.77. The predicted molar refractivity (Wildman–Crippen MR) is 77.7 cm³/mol. The molecular weight excluding hydrogens is 276 g/mol. The lowest BCUT2D eigenvalue weighted by Gasteiger charge is -2.26. The Hall–Kier alpha value is -1.73. The molecule has 0 heterocycles. The number of nitrogens with zero attached hydrogens (tertiary/aromatic N) is 1. The Labute approximate surface area is 123 Å². The summed E-state index contributed by atoms with van der Waals surface area (Å²) in [5.41, 5.74) is 1.22. The average molecular weight is 293 g/mol. The molecule has 0 bridgehead atoms. The van der Waals surface area contributed by atoms with Gasteiger partial charge < -0.3 is 10.4 Å². The maximum Gasteiger partial charge on any atom is 0.306 e. The summed E-state index contributed by atoms with van der Waals surface area (Å²) < 4.78 is 0. The summed E-state index contributed by atoms with van der Waals surface area (Å²) in [7, 11) is 0. The van der Waals surface area contributed by atoms with Gasteiger partial charge in [-0.25, -0.2) is 0 Å². The van der Waals surface area contributed by atoms with Crippen molar-refractivity contribution >= 4 is 23.3 Å². The van der Waals surface area contributed by atoms with E-state index in [0.29, 0.717) is 16.5 Å². The lowest BCUT2D eigenvalue weighted by Crippen LogP contribution is -2.25. The molecule has 1 saturated carbocycles. The highest BCUT2D eigenvalue weighted by Crippen LogP contribution is 2.30. The van der Waals surface area contributed by atoms with E-state index in [1.807, 2.05) is 12.1 Å². The van der Waals surface area contributed by atoms with Crippen LogP contribution < -0.4 is 5.32 Å². The molecule has 0 radical (unpaired) electrons. The van der Waals surface area contributed by atoms with Gasteiger partial charge in [0.25, 0.3) is 0 Å². The molecule has 1 fully saturated rings. The highest BCUT2D eigenvalue weighted by atomic mass is 35.5. The number of carbonyl (C=O) groups is 1. The van der Waals surface area contributed by atoms with E-state index in [-0.39, 0.29) is 5.92 Å². The van der Waals surface area contributed by atoms with Crippen molar-refractivity contribution in [3.8, 4) is 6.07 Å². The number of hydrogen-bond donors (Lipinski definition) is 2. The van der Waals surface area contributed by atoms with Gasteiger partial charge in [0, 0.05) is 6.54 Å². The smallest absolute Gasteiger partial charge is 0.306 e. The first kappa shape index (κ1) is 14.7. The summed E-state index contributed by atoms with van der Waals surface area (Å²) in [6, 6.07) is 7.45. The molecule has 0 saturated heterocycles. The monoisotopic (exact) mass is 292 g/mol. The van der Waals surface area contributed by atoms with Gasteiger partial charge in [-0.3, -0.25) is 4.79 Å². The van der Waals surface area contributed by atoms with Crippen molar-refractivity contribution in [2.45, 2.75) is 25.7 Å². The van der Waals surface area contributed by atoms with Crippen molar-refractivity contribution in [3.05, 3.63) is 28.8 Å². The first-order valence-corrected chi connectivity index (χ1v) is 7.15. The lowest BCUT2D eigenvalue weighted by atomic mass is 9.82. The molecule has 0 unspecified atom stereocenters. The quantitative estimate of drug-likeness (QED) is 0.890. The van der Waals surface area contributed by atoms with Gasteiger partial charge in [-0.1, -0.05) is 17.7 Å². The van der Waals surface area contributed by atoms with E-state index in [2.05, 4.69) is 11.4 Å². The number of nitrogens with one attached hydrogen (secondary N) is 1. The minimum absolute atomic E-state index is 0.188. The Bertz CT molecular complexity index is 531. The van der Waals surface area contributed by atoms with Crippen molar-refractivity contribution in [2.24, 2.45) is 11.8 Å². The maximum atomic E-state index is 10.9. The van der Waals surface area contributed by atoms with Crippen LogP contribution in [0.15, 0.2) is 18.2 Å². The molecule has 0 aliphatic heterocycles. The van der Waals surface area contributed by atoms with Crippen LogP contribution in [0.3, 0.4) is 0 Å². The van der Waals surface area contributed by atoms with Crippen LogP contribution in [-0.4, -0.2) is 17.6 Å². The van der Waals surface area contributed by atoms with Crippen molar-refractivity contribution in [1.82, 2.24) is 0 Å². The summed E-state index contributed by atoms with van der Waals surface area (Å²) >= 11 is 5.98. The molecule has 1 aliphatic rings. The molecule has 1 aliphatic carbocycles. The Morgan fingerprint density at radius 3 is 2.70 bits per heavy atom. The molecule has 20 heavy (non-hydrogen) atoms. The molecule has 1 aromatic rings. The van der Waals surface area contributed by atoms with E-state index in [1.165, 1.54) is 0 Å². The second-order valence-corrected chi connectivity index (χ2v) is 5.62. The third-order valence-electron chi connectivity index (χ3n) is 3.90. The highest BCUT2D eigenvalue weighted by Gasteiger charge is 2.25. The van der Waals surface area contributed by atoms with Gasteiger partial charge >= 0.3 is 5.97 Å². The van der Waals surface area contributed by atoms with E-state index in [9.17, 15) is 4.79 Å². The third-order valence-corrected chi connectivity index (χ3v) is 4.22. The van der Waals surface area contributed by atoms with Crippen molar-refractivity contribution < 1.29 is 9.90 Å². The zero-order chi connectivity index (χ0) is 14.5. The Morgan fingerprint density at radius 1 is 1.40 bits per heavy atom. The summed E-state index contributed by atoms with van der Waals surface area (Å²) in [6.45, 7) is 0.751. The number of rotatable bonds is 4. The van der Waals surface area contributed by atoms with Crippen LogP contribution in [0.4, 0.5) is 5.69 Å². The van der Waals surface area contributed by atoms with Crippen LogP contribution in [0.25, 0.3) is 0 Å². The summed E-state index contributed by atoms with van der Waals surface area (Å²) in [5, 5.41) is 21.8. The second kappa shape index (κ2) is 6.62. The molecule has 2 N–H and O–H groups in total. The fourth-order valence-electron chi connectivity index (χ4n) is 2.65. The van der Waals surface area contributed by atoms with Gasteiger partial charge in [-0.05, 0) is 43.7 Å². The number of aliphatic carboxylic acids is 1. The average Bonchev–Trinajstić information content (AvgIpc) is 2.45. The summed E-state index contributed by atoms with van der Waals surface area (Å²) in [4.78, 5) is 10.9. The molecule has 0 amide bonds. The largest absolute Gasteiger partial charge is 0.481 e. The number of anilines is 1. The van der Waals surface area contributed by atoms with E-state index in [1.54, 1.807) is 6.07 Å². The van der Waals surface area contributed by atoms with Crippen LogP contribution in [0, 0.1) is 23.2 Å². The highest BCUT2D eigenvalue weighted by molar-refractivity contribution is 6.32. The predicted octanol–water partition coefficient (Wildman–Crippen LogP) is 3.51. The number of nitriles is 1.